The van der Waals surface area contributed by atoms with Crippen molar-refractivity contribution in [2.45, 2.75) is 6.54 Å². The average molecular weight is 404 g/mol. The predicted octanol–water partition coefficient (Wildman–Crippen LogP) is 1.82. The van der Waals surface area contributed by atoms with Crippen LogP contribution in [0.2, 0.25) is 0 Å². The molecule has 0 unspecified atom stereocenters. The summed E-state index contributed by atoms with van der Waals surface area (Å²) in [5, 5.41) is 14.4. The van der Waals surface area contributed by atoms with Crippen LogP contribution >= 0.6 is 12.2 Å². The molecule has 2 N–H and O–H groups in total. The van der Waals surface area contributed by atoms with Crippen LogP contribution in [0.5, 0.6) is 0 Å². The number of rotatable bonds is 5. The molecule has 1 heterocycles. The van der Waals surface area contributed by atoms with Gasteiger partial charge in [0.1, 0.15) is 17.6 Å². The third-order valence-electron chi connectivity index (χ3n) is 4.21. The molecule has 7 nitrogen and oxygen atoms in total. The summed E-state index contributed by atoms with van der Waals surface area (Å²) in [5.74, 6) is -3.33. The van der Waals surface area contributed by atoms with E-state index in [9.17, 15) is 19.6 Å². The van der Waals surface area contributed by atoms with Gasteiger partial charge in [0.05, 0.1) is 5.69 Å². The smallest absolute Gasteiger partial charge is 0.261 e. The highest BCUT2D eigenvalue weighted by atomic mass is 32.1. The van der Waals surface area contributed by atoms with Crippen molar-refractivity contribution in [3.63, 3.8) is 0 Å². The van der Waals surface area contributed by atoms with Crippen LogP contribution in [-0.4, -0.2) is 22.8 Å². The molecule has 1 aliphatic rings. The highest BCUT2D eigenvalue weighted by Gasteiger charge is 2.38. The first kappa shape index (κ1) is 19.9. The zero-order chi connectivity index (χ0) is 20.8. The van der Waals surface area contributed by atoms with Crippen LogP contribution in [0.25, 0.3) is 0 Å². The Balaban J connectivity index is 1.80. The molecule has 1 aliphatic heterocycles. The van der Waals surface area contributed by atoms with Gasteiger partial charge in [-0.25, -0.2) is 0 Å². The molecule has 144 valence electrons. The van der Waals surface area contributed by atoms with Crippen LogP contribution in [-0.2, 0) is 20.9 Å². The van der Waals surface area contributed by atoms with Crippen LogP contribution in [0.15, 0.2) is 72.3 Å². The number of nitriles is 1. The second-order valence-corrected chi connectivity index (χ2v) is 6.53. The Bertz CT molecular complexity index is 1030. The zero-order valence-corrected chi connectivity index (χ0v) is 16.0. The number of carbonyl (C=O) groups excluding carboxylic acids is 3. The normalized spacial score (nSPS) is 16.8. The highest BCUT2D eigenvalue weighted by Crippen LogP contribution is 2.22. The molecule has 29 heavy (non-hydrogen) atoms. The second kappa shape index (κ2) is 8.91. The number of benzene rings is 2. The molecule has 1 atom stereocenters. The van der Waals surface area contributed by atoms with Crippen LogP contribution < -0.4 is 15.5 Å². The molecule has 0 aliphatic carbocycles. The molecule has 2 aromatic carbocycles. The Morgan fingerprint density at radius 3 is 2.38 bits per heavy atom. The molecule has 0 spiro atoms. The van der Waals surface area contributed by atoms with Gasteiger partial charge >= 0.3 is 0 Å². The number of hydrogen-bond donors (Lipinski definition) is 2. The molecule has 2 aromatic rings. The second-order valence-electron chi connectivity index (χ2n) is 6.14. The number of thiocarbonyl (C=S) groups is 1. The van der Waals surface area contributed by atoms with Gasteiger partial charge in [0.25, 0.3) is 5.91 Å². The minimum Gasteiger partial charge on any atom is -0.347 e. The first-order chi connectivity index (χ1) is 14.0. The molecule has 3 amide bonds. The molecule has 0 bridgehead atoms. The molecule has 1 saturated heterocycles. The minimum absolute atomic E-state index is 0.0529. The summed E-state index contributed by atoms with van der Waals surface area (Å²) >= 11 is 5.11. The topological polar surface area (TPSA) is 102 Å². The molecular formula is C21H16N4O3S. The fourth-order valence-corrected chi connectivity index (χ4v) is 3.06. The SMILES string of the molecule is N#C/C(=C/[C@@H]1C(=O)NC(=S)N(c2ccccc2)C1=O)C(=O)NCc1ccccc1. The lowest BCUT2D eigenvalue weighted by atomic mass is 10.0. The minimum atomic E-state index is -1.35. The largest absolute Gasteiger partial charge is 0.347 e. The number of nitrogens with zero attached hydrogens (tertiary/aromatic N) is 2. The van der Waals surface area contributed by atoms with Crippen molar-refractivity contribution in [2.24, 2.45) is 5.92 Å². The van der Waals surface area contributed by atoms with Crippen molar-refractivity contribution in [2.75, 3.05) is 4.90 Å². The van der Waals surface area contributed by atoms with E-state index in [2.05, 4.69) is 10.6 Å². The number of carbonyl (C=O) groups is 3. The predicted molar refractivity (Wildman–Crippen MR) is 110 cm³/mol. The Hall–Kier alpha value is -3.83. The van der Waals surface area contributed by atoms with Gasteiger partial charge in [0.2, 0.25) is 11.8 Å². The van der Waals surface area contributed by atoms with E-state index in [-0.39, 0.29) is 17.2 Å². The van der Waals surface area contributed by atoms with E-state index >= 15 is 0 Å². The molecule has 0 radical (unpaired) electrons. The van der Waals surface area contributed by atoms with E-state index in [0.717, 1.165) is 11.6 Å². The molecule has 0 saturated carbocycles. The number of para-hydroxylation sites is 1. The van der Waals surface area contributed by atoms with E-state index in [1.165, 1.54) is 4.90 Å². The summed E-state index contributed by atoms with van der Waals surface area (Å²) in [6.45, 7) is 0.212. The van der Waals surface area contributed by atoms with Gasteiger partial charge in [0, 0.05) is 6.54 Å². The van der Waals surface area contributed by atoms with Gasteiger partial charge in [0.15, 0.2) is 5.11 Å². The van der Waals surface area contributed by atoms with E-state index in [4.69, 9.17) is 12.2 Å². The van der Waals surface area contributed by atoms with E-state index in [0.29, 0.717) is 5.69 Å². The molecule has 8 heteroatoms. The molecule has 1 fully saturated rings. The van der Waals surface area contributed by atoms with Gasteiger partial charge in [-0.15, -0.1) is 0 Å². The lowest BCUT2D eigenvalue weighted by Gasteiger charge is -2.31. The van der Waals surface area contributed by atoms with Gasteiger partial charge < -0.3 is 10.6 Å². The van der Waals surface area contributed by atoms with E-state index < -0.39 is 23.6 Å². The van der Waals surface area contributed by atoms with Crippen LogP contribution in [0, 0.1) is 17.2 Å². The molecular weight excluding hydrogens is 388 g/mol. The lowest BCUT2D eigenvalue weighted by molar-refractivity contribution is -0.131. The monoisotopic (exact) mass is 404 g/mol. The van der Waals surface area contributed by atoms with Crippen LogP contribution in [0.4, 0.5) is 5.69 Å². The Kier molecular flexibility index (Phi) is 6.12. The van der Waals surface area contributed by atoms with Gasteiger partial charge in [-0.1, -0.05) is 48.5 Å². The van der Waals surface area contributed by atoms with E-state index in [1.54, 1.807) is 36.4 Å². The summed E-state index contributed by atoms with van der Waals surface area (Å²) in [6.07, 6.45) is 1.07. The van der Waals surface area contributed by atoms with Crippen molar-refractivity contribution in [1.29, 1.82) is 5.26 Å². The van der Waals surface area contributed by atoms with Crippen LogP contribution in [0.1, 0.15) is 5.56 Å². The molecule has 3 rings (SSSR count). The first-order valence-corrected chi connectivity index (χ1v) is 9.10. The Labute approximate surface area is 172 Å². The summed E-state index contributed by atoms with van der Waals surface area (Å²) < 4.78 is 0. The fraction of sp³-hybridized carbons (Fsp3) is 0.0952. The summed E-state index contributed by atoms with van der Waals surface area (Å²) in [7, 11) is 0. The standard InChI is InChI=1S/C21H16N4O3S/c22-12-15(18(26)23-13-14-7-3-1-4-8-14)11-17-19(27)24-21(29)25(20(17)28)16-9-5-2-6-10-16/h1-11,17H,13H2,(H,23,26)(H,24,27,29)/b15-11-/t17-/m1/s1. The number of hydrogen-bond acceptors (Lipinski definition) is 5. The number of anilines is 1. The third-order valence-corrected chi connectivity index (χ3v) is 4.50. The third kappa shape index (κ3) is 4.54. The van der Waals surface area contributed by atoms with Crippen LogP contribution in [0.3, 0.4) is 0 Å². The Morgan fingerprint density at radius 1 is 1.14 bits per heavy atom. The highest BCUT2D eigenvalue weighted by molar-refractivity contribution is 7.80. The average Bonchev–Trinajstić information content (AvgIpc) is 2.73. The van der Waals surface area contributed by atoms with Crippen molar-refractivity contribution in [3.8, 4) is 6.07 Å². The fourth-order valence-electron chi connectivity index (χ4n) is 2.76. The van der Waals surface area contributed by atoms with Crippen molar-refractivity contribution in [3.05, 3.63) is 77.9 Å². The number of amides is 3. The summed E-state index contributed by atoms with van der Waals surface area (Å²) in [6, 6.07) is 19.5. The first-order valence-electron chi connectivity index (χ1n) is 8.69. The van der Waals surface area contributed by atoms with Crippen molar-refractivity contribution >= 4 is 40.7 Å². The van der Waals surface area contributed by atoms with Gasteiger partial charge in [-0.2, -0.15) is 5.26 Å². The maximum Gasteiger partial charge on any atom is 0.261 e. The summed E-state index contributed by atoms with van der Waals surface area (Å²) in [5.41, 5.74) is 1.01. The van der Waals surface area contributed by atoms with Crippen molar-refractivity contribution in [1.82, 2.24) is 10.6 Å². The zero-order valence-electron chi connectivity index (χ0n) is 15.2. The maximum atomic E-state index is 12.9. The Morgan fingerprint density at radius 2 is 1.76 bits per heavy atom. The van der Waals surface area contributed by atoms with E-state index in [1.807, 2.05) is 30.3 Å². The maximum absolute atomic E-state index is 12.9. The van der Waals surface area contributed by atoms with Gasteiger partial charge in [-0.3, -0.25) is 19.3 Å². The quantitative estimate of drug-likeness (QED) is 0.343. The molecule has 0 aromatic heterocycles. The number of nitrogens with one attached hydrogen (secondary N) is 2. The summed E-state index contributed by atoms with van der Waals surface area (Å²) in [4.78, 5) is 38.7. The lowest BCUT2D eigenvalue weighted by Crippen LogP contribution is -2.57. The van der Waals surface area contributed by atoms with Gasteiger partial charge in [-0.05, 0) is 36.0 Å². The van der Waals surface area contributed by atoms with Crippen molar-refractivity contribution < 1.29 is 14.4 Å².